The second-order valence-corrected chi connectivity index (χ2v) is 6.04. The standard InChI is InChI=1S/C16H29N3/c1-11(2)13(5)19(7)16-9-14(10-17-6)8-15(18-16)12(3)4/h8-9,11-13,17H,10H2,1-7H3. The van der Waals surface area contributed by atoms with E-state index in [1.54, 1.807) is 0 Å². The van der Waals surface area contributed by atoms with E-state index in [9.17, 15) is 0 Å². The lowest BCUT2D eigenvalue weighted by Crippen LogP contribution is -2.34. The molecule has 1 heterocycles. The summed E-state index contributed by atoms with van der Waals surface area (Å²) in [6.07, 6.45) is 0. The van der Waals surface area contributed by atoms with Gasteiger partial charge in [0.25, 0.3) is 0 Å². The number of nitrogens with one attached hydrogen (secondary N) is 1. The van der Waals surface area contributed by atoms with Gasteiger partial charge >= 0.3 is 0 Å². The van der Waals surface area contributed by atoms with E-state index in [1.807, 2.05) is 7.05 Å². The van der Waals surface area contributed by atoms with Gasteiger partial charge in [0.1, 0.15) is 5.82 Å². The Morgan fingerprint density at radius 3 is 2.26 bits per heavy atom. The van der Waals surface area contributed by atoms with Crippen LogP contribution < -0.4 is 10.2 Å². The first kappa shape index (κ1) is 16.0. The monoisotopic (exact) mass is 263 g/mol. The zero-order chi connectivity index (χ0) is 14.6. The predicted molar refractivity (Wildman–Crippen MR) is 83.8 cm³/mol. The van der Waals surface area contributed by atoms with E-state index in [1.165, 1.54) is 11.3 Å². The molecule has 0 aliphatic rings. The number of hydrogen-bond donors (Lipinski definition) is 1. The van der Waals surface area contributed by atoms with Gasteiger partial charge in [0.15, 0.2) is 0 Å². The highest BCUT2D eigenvalue weighted by Gasteiger charge is 2.16. The highest BCUT2D eigenvalue weighted by atomic mass is 15.2. The van der Waals surface area contributed by atoms with Gasteiger partial charge in [-0.2, -0.15) is 0 Å². The van der Waals surface area contributed by atoms with E-state index in [-0.39, 0.29) is 0 Å². The molecular formula is C16H29N3. The summed E-state index contributed by atoms with van der Waals surface area (Å²) >= 11 is 0. The van der Waals surface area contributed by atoms with Crippen LogP contribution in [0.3, 0.4) is 0 Å². The lowest BCUT2D eigenvalue weighted by molar-refractivity contribution is 0.502. The maximum absolute atomic E-state index is 4.82. The van der Waals surface area contributed by atoms with Crippen molar-refractivity contribution in [2.45, 2.75) is 53.1 Å². The normalized spacial score (nSPS) is 13.1. The van der Waals surface area contributed by atoms with E-state index in [2.05, 4.69) is 64.0 Å². The van der Waals surface area contributed by atoms with Gasteiger partial charge in [-0.1, -0.05) is 27.7 Å². The summed E-state index contributed by atoms with van der Waals surface area (Å²) in [6, 6.07) is 4.89. The fourth-order valence-electron chi connectivity index (χ4n) is 2.03. The minimum atomic E-state index is 0.457. The number of pyridine rings is 1. The van der Waals surface area contributed by atoms with Crippen molar-refractivity contribution in [3.63, 3.8) is 0 Å². The average Bonchev–Trinajstić information content (AvgIpc) is 2.36. The maximum atomic E-state index is 4.82. The third kappa shape index (κ3) is 4.20. The molecule has 1 aromatic heterocycles. The molecule has 3 nitrogen and oxygen atoms in total. The minimum absolute atomic E-state index is 0.457. The molecule has 0 saturated heterocycles. The largest absolute Gasteiger partial charge is 0.357 e. The van der Waals surface area contributed by atoms with Crippen LogP contribution in [0.5, 0.6) is 0 Å². The number of nitrogens with zero attached hydrogens (tertiary/aromatic N) is 2. The molecule has 1 aromatic rings. The summed E-state index contributed by atoms with van der Waals surface area (Å²) in [6.45, 7) is 12.0. The van der Waals surface area contributed by atoms with Crippen LogP contribution in [0, 0.1) is 5.92 Å². The molecule has 1 atom stereocenters. The van der Waals surface area contributed by atoms with Crippen molar-refractivity contribution in [1.82, 2.24) is 10.3 Å². The van der Waals surface area contributed by atoms with Crippen LogP contribution >= 0.6 is 0 Å². The number of anilines is 1. The first-order valence-electron chi connectivity index (χ1n) is 7.25. The van der Waals surface area contributed by atoms with Gasteiger partial charge in [0, 0.05) is 25.3 Å². The van der Waals surface area contributed by atoms with Crippen LogP contribution in [0.2, 0.25) is 0 Å². The van der Waals surface area contributed by atoms with Crippen molar-refractivity contribution in [2.75, 3.05) is 19.0 Å². The first-order chi connectivity index (χ1) is 8.86. The number of rotatable bonds is 6. The van der Waals surface area contributed by atoms with Gasteiger partial charge < -0.3 is 10.2 Å². The van der Waals surface area contributed by atoms with E-state index in [0.717, 1.165) is 12.4 Å². The third-order valence-electron chi connectivity index (χ3n) is 3.80. The Morgan fingerprint density at radius 1 is 1.16 bits per heavy atom. The molecule has 0 bridgehead atoms. The van der Waals surface area contributed by atoms with Gasteiger partial charge in [-0.05, 0) is 43.5 Å². The van der Waals surface area contributed by atoms with Crippen LogP contribution in [0.15, 0.2) is 12.1 Å². The fourth-order valence-corrected chi connectivity index (χ4v) is 2.03. The fraction of sp³-hybridized carbons (Fsp3) is 0.688. The molecule has 0 aliphatic carbocycles. The van der Waals surface area contributed by atoms with E-state index >= 15 is 0 Å². The Hall–Kier alpha value is -1.09. The summed E-state index contributed by atoms with van der Waals surface area (Å²) < 4.78 is 0. The Balaban J connectivity index is 3.11. The summed E-state index contributed by atoms with van der Waals surface area (Å²) in [5, 5.41) is 3.22. The molecule has 1 rings (SSSR count). The molecule has 0 aliphatic heterocycles. The average molecular weight is 263 g/mol. The Bertz CT molecular complexity index is 399. The molecule has 19 heavy (non-hydrogen) atoms. The van der Waals surface area contributed by atoms with E-state index < -0.39 is 0 Å². The molecule has 0 amide bonds. The van der Waals surface area contributed by atoms with Gasteiger partial charge in [0.2, 0.25) is 0 Å². The van der Waals surface area contributed by atoms with Crippen molar-refractivity contribution in [3.8, 4) is 0 Å². The number of aromatic nitrogens is 1. The van der Waals surface area contributed by atoms with E-state index in [4.69, 9.17) is 4.98 Å². The van der Waals surface area contributed by atoms with Gasteiger partial charge in [-0.15, -0.1) is 0 Å². The molecule has 0 saturated carbocycles. The molecular weight excluding hydrogens is 234 g/mol. The molecule has 0 fully saturated rings. The minimum Gasteiger partial charge on any atom is -0.357 e. The van der Waals surface area contributed by atoms with Crippen molar-refractivity contribution < 1.29 is 0 Å². The molecule has 0 aromatic carbocycles. The zero-order valence-corrected chi connectivity index (χ0v) is 13.5. The van der Waals surface area contributed by atoms with Crippen molar-refractivity contribution in [2.24, 2.45) is 5.92 Å². The van der Waals surface area contributed by atoms with Gasteiger partial charge in [-0.3, -0.25) is 0 Å². The lowest BCUT2D eigenvalue weighted by Gasteiger charge is -2.30. The van der Waals surface area contributed by atoms with E-state index in [0.29, 0.717) is 17.9 Å². The smallest absolute Gasteiger partial charge is 0.129 e. The summed E-state index contributed by atoms with van der Waals surface area (Å²) in [7, 11) is 4.12. The zero-order valence-electron chi connectivity index (χ0n) is 13.5. The van der Waals surface area contributed by atoms with Gasteiger partial charge in [-0.25, -0.2) is 4.98 Å². The SMILES string of the molecule is CNCc1cc(C(C)C)nc(N(C)C(C)C(C)C)c1. The summed E-state index contributed by atoms with van der Waals surface area (Å²) in [5.41, 5.74) is 2.48. The topological polar surface area (TPSA) is 28.2 Å². The molecule has 1 N–H and O–H groups in total. The van der Waals surface area contributed by atoms with Crippen LogP contribution in [0.4, 0.5) is 5.82 Å². The maximum Gasteiger partial charge on any atom is 0.129 e. The highest BCUT2D eigenvalue weighted by Crippen LogP contribution is 2.22. The molecule has 0 spiro atoms. The van der Waals surface area contributed by atoms with Crippen molar-refractivity contribution in [1.29, 1.82) is 0 Å². The molecule has 1 unspecified atom stereocenters. The van der Waals surface area contributed by atoms with Crippen LogP contribution in [-0.4, -0.2) is 25.1 Å². The Kier molecular flexibility index (Phi) is 5.80. The summed E-state index contributed by atoms with van der Waals surface area (Å²) in [5.74, 6) is 2.15. The number of hydrogen-bond acceptors (Lipinski definition) is 3. The van der Waals surface area contributed by atoms with Crippen molar-refractivity contribution in [3.05, 3.63) is 23.4 Å². The van der Waals surface area contributed by atoms with Crippen molar-refractivity contribution >= 4 is 5.82 Å². The van der Waals surface area contributed by atoms with Gasteiger partial charge in [0.05, 0.1) is 0 Å². The first-order valence-corrected chi connectivity index (χ1v) is 7.25. The Labute approximate surface area is 118 Å². The molecule has 108 valence electrons. The second-order valence-electron chi connectivity index (χ2n) is 6.04. The molecule has 0 radical (unpaired) electrons. The third-order valence-corrected chi connectivity index (χ3v) is 3.80. The Morgan fingerprint density at radius 2 is 1.79 bits per heavy atom. The van der Waals surface area contributed by atoms with Crippen LogP contribution in [0.25, 0.3) is 0 Å². The van der Waals surface area contributed by atoms with Crippen LogP contribution in [-0.2, 0) is 6.54 Å². The lowest BCUT2D eigenvalue weighted by atomic mass is 10.0. The predicted octanol–water partition coefficient (Wildman–Crippen LogP) is 3.41. The highest BCUT2D eigenvalue weighted by molar-refractivity contribution is 5.43. The second kappa shape index (κ2) is 6.90. The molecule has 3 heteroatoms. The van der Waals surface area contributed by atoms with Crippen LogP contribution in [0.1, 0.15) is 51.8 Å². The quantitative estimate of drug-likeness (QED) is 0.852. The summed E-state index contributed by atoms with van der Waals surface area (Å²) in [4.78, 5) is 7.10.